The number of rotatable bonds is 8. The van der Waals surface area contributed by atoms with Crippen LogP contribution in [-0.2, 0) is 6.54 Å². The minimum atomic E-state index is -2.88. The van der Waals surface area contributed by atoms with E-state index in [9.17, 15) is 13.9 Å². The number of benzene rings is 1. The van der Waals surface area contributed by atoms with Gasteiger partial charge in [-0.2, -0.15) is 8.78 Å². The van der Waals surface area contributed by atoms with Gasteiger partial charge in [0.15, 0.2) is 11.5 Å². The molecule has 1 aromatic carbocycles. The van der Waals surface area contributed by atoms with Gasteiger partial charge in [-0.3, -0.25) is 0 Å². The number of alkyl halides is 2. The van der Waals surface area contributed by atoms with Gasteiger partial charge < -0.3 is 19.9 Å². The second-order valence-electron chi connectivity index (χ2n) is 5.57. The first-order valence-electron chi connectivity index (χ1n) is 6.96. The fourth-order valence-electron chi connectivity index (χ4n) is 2.37. The first-order chi connectivity index (χ1) is 9.98. The molecule has 1 fully saturated rings. The topological polar surface area (TPSA) is 50.7 Å². The molecule has 0 aliphatic heterocycles. The van der Waals surface area contributed by atoms with Gasteiger partial charge in [-0.15, -0.1) is 0 Å². The van der Waals surface area contributed by atoms with E-state index < -0.39 is 6.61 Å². The lowest BCUT2D eigenvalue weighted by atomic mass is 9.96. The van der Waals surface area contributed by atoms with Crippen LogP contribution >= 0.6 is 0 Å². The third kappa shape index (κ3) is 4.04. The van der Waals surface area contributed by atoms with Crippen molar-refractivity contribution in [2.45, 2.75) is 38.5 Å². The van der Waals surface area contributed by atoms with Crippen LogP contribution in [0.25, 0.3) is 0 Å². The summed E-state index contributed by atoms with van der Waals surface area (Å²) in [6.07, 6.45) is 2.24. The highest BCUT2D eigenvalue weighted by Gasteiger charge is 2.40. The van der Waals surface area contributed by atoms with Crippen molar-refractivity contribution in [3.63, 3.8) is 0 Å². The molecule has 6 heteroatoms. The van der Waals surface area contributed by atoms with Crippen molar-refractivity contribution >= 4 is 0 Å². The SMILES string of the molecule is COc1cc(CNC(C)(CO)C2CC2)ccc1OC(F)F. The van der Waals surface area contributed by atoms with E-state index in [1.54, 1.807) is 12.1 Å². The largest absolute Gasteiger partial charge is 0.493 e. The minimum absolute atomic E-state index is 0.0170. The summed E-state index contributed by atoms with van der Waals surface area (Å²) in [5.41, 5.74) is 0.583. The van der Waals surface area contributed by atoms with Crippen LogP contribution in [-0.4, -0.2) is 31.0 Å². The Morgan fingerprint density at radius 1 is 1.38 bits per heavy atom. The Bertz CT molecular complexity index is 480. The summed E-state index contributed by atoms with van der Waals surface area (Å²) in [6.45, 7) is -0.286. The quantitative estimate of drug-likeness (QED) is 0.775. The van der Waals surface area contributed by atoms with Gasteiger partial charge in [0.1, 0.15) is 0 Å². The van der Waals surface area contributed by atoms with Crippen molar-refractivity contribution in [2.24, 2.45) is 5.92 Å². The van der Waals surface area contributed by atoms with E-state index in [4.69, 9.17) is 4.74 Å². The second kappa shape index (κ2) is 6.58. The van der Waals surface area contributed by atoms with Crippen LogP contribution in [0.3, 0.4) is 0 Å². The Kier molecular flexibility index (Phi) is 5.00. The van der Waals surface area contributed by atoms with Crippen LogP contribution in [0.2, 0.25) is 0 Å². The van der Waals surface area contributed by atoms with Gasteiger partial charge >= 0.3 is 6.61 Å². The maximum atomic E-state index is 12.3. The molecule has 0 saturated heterocycles. The normalized spacial score (nSPS) is 17.6. The van der Waals surface area contributed by atoms with E-state index in [-0.39, 0.29) is 23.6 Å². The molecule has 118 valence electrons. The van der Waals surface area contributed by atoms with E-state index >= 15 is 0 Å². The summed E-state index contributed by atoms with van der Waals surface area (Å²) >= 11 is 0. The van der Waals surface area contributed by atoms with Crippen molar-refractivity contribution in [3.05, 3.63) is 23.8 Å². The average Bonchev–Trinajstić information content (AvgIpc) is 3.30. The lowest BCUT2D eigenvalue weighted by molar-refractivity contribution is -0.0512. The number of hydrogen-bond acceptors (Lipinski definition) is 4. The van der Waals surface area contributed by atoms with Gasteiger partial charge in [0.25, 0.3) is 0 Å². The Morgan fingerprint density at radius 2 is 2.10 bits per heavy atom. The first-order valence-corrected chi connectivity index (χ1v) is 6.96. The van der Waals surface area contributed by atoms with Gasteiger partial charge in [0.05, 0.1) is 13.7 Å². The van der Waals surface area contributed by atoms with E-state index in [2.05, 4.69) is 10.1 Å². The first kappa shape index (κ1) is 16.0. The fraction of sp³-hybridized carbons (Fsp3) is 0.600. The van der Waals surface area contributed by atoms with Gasteiger partial charge in [0.2, 0.25) is 0 Å². The smallest absolute Gasteiger partial charge is 0.387 e. The van der Waals surface area contributed by atoms with Crippen LogP contribution in [0.1, 0.15) is 25.3 Å². The highest BCUT2D eigenvalue weighted by atomic mass is 19.3. The second-order valence-corrected chi connectivity index (χ2v) is 5.57. The Balaban J connectivity index is 2.03. The summed E-state index contributed by atoms with van der Waals surface area (Å²) in [5, 5.41) is 12.9. The molecule has 21 heavy (non-hydrogen) atoms. The number of nitrogens with one attached hydrogen (secondary N) is 1. The molecule has 0 radical (unpaired) electrons. The number of aliphatic hydroxyl groups is 1. The van der Waals surface area contributed by atoms with Gasteiger partial charge in [0, 0.05) is 12.1 Å². The zero-order chi connectivity index (χ0) is 15.5. The van der Waals surface area contributed by atoms with Crippen molar-refractivity contribution < 1.29 is 23.4 Å². The van der Waals surface area contributed by atoms with Crippen molar-refractivity contribution in [1.29, 1.82) is 0 Å². The van der Waals surface area contributed by atoms with Crippen molar-refractivity contribution in [2.75, 3.05) is 13.7 Å². The predicted octanol–water partition coefficient (Wildman–Crippen LogP) is 2.55. The molecule has 0 heterocycles. The van der Waals surface area contributed by atoms with Crippen LogP contribution in [0.4, 0.5) is 8.78 Å². The number of ether oxygens (including phenoxy) is 2. The summed E-state index contributed by atoms with van der Waals surface area (Å²) in [5.74, 6) is 0.779. The molecule has 0 amide bonds. The van der Waals surface area contributed by atoms with E-state index in [0.29, 0.717) is 12.5 Å². The van der Waals surface area contributed by atoms with Crippen LogP contribution in [0, 0.1) is 5.92 Å². The maximum Gasteiger partial charge on any atom is 0.387 e. The lowest BCUT2D eigenvalue weighted by Gasteiger charge is -2.29. The molecule has 2 N–H and O–H groups in total. The molecule has 1 atom stereocenters. The lowest BCUT2D eigenvalue weighted by Crippen LogP contribution is -2.47. The Labute approximate surface area is 123 Å². The molecule has 4 nitrogen and oxygen atoms in total. The van der Waals surface area contributed by atoms with Crippen LogP contribution < -0.4 is 14.8 Å². The standard InChI is InChI=1S/C15H21F2NO3/c1-15(9-19,11-4-5-11)18-8-10-3-6-12(21-14(16)17)13(7-10)20-2/h3,6-7,11,14,18-19H,4-5,8-9H2,1-2H3. The molecule has 0 bridgehead atoms. The predicted molar refractivity (Wildman–Crippen MR) is 74.7 cm³/mol. The van der Waals surface area contributed by atoms with Crippen molar-refractivity contribution in [1.82, 2.24) is 5.32 Å². The van der Waals surface area contributed by atoms with Crippen LogP contribution in [0.5, 0.6) is 11.5 Å². The molecule has 1 aromatic rings. The highest BCUT2D eigenvalue weighted by Crippen LogP contribution is 2.39. The van der Waals surface area contributed by atoms with Gasteiger partial charge in [-0.1, -0.05) is 6.07 Å². The zero-order valence-corrected chi connectivity index (χ0v) is 12.2. The fourth-order valence-corrected chi connectivity index (χ4v) is 2.37. The molecule has 0 spiro atoms. The summed E-state index contributed by atoms with van der Waals surface area (Å²) in [7, 11) is 1.41. The molecule has 1 aliphatic rings. The van der Waals surface area contributed by atoms with E-state index in [1.165, 1.54) is 13.2 Å². The molecule has 1 saturated carbocycles. The molecule has 0 aromatic heterocycles. The highest BCUT2D eigenvalue weighted by molar-refractivity contribution is 5.43. The van der Waals surface area contributed by atoms with E-state index in [0.717, 1.165) is 18.4 Å². The minimum Gasteiger partial charge on any atom is -0.493 e. The molecular formula is C15H21F2NO3. The summed E-state index contributed by atoms with van der Waals surface area (Å²) < 4.78 is 34.0. The molecule has 2 rings (SSSR count). The monoisotopic (exact) mass is 301 g/mol. The van der Waals surface area contributed by atoms with Crippen LogP contribution in [0.15, 0.2) is 18.2 Å². The Morgan fingerprint density at radius 3 is 2.62 bits per heavy atom. The third-order valence-electron chi connectivity index (χ3n) is 3.95. The van der Waals surface area contributed by atoms with Gasteiger partial charge in [-0.25, -0.2) is 0 Å². The summed E-state index contributed by atoms with van der Waals surface area (Å²) in [4.78, 5) is 0. The molecule has 1 aliphatic carbocycles. The third-order valence-corrected chi connectivity index (χ3v) is 3.95. The summed E-state index contributed by atoms with van der Waals surface area (Å²) in [6, 6.07) is 4.84. The average molecular weight is 301 g/mol. The number of halogens is 2. The van der Waals surface area contributed by atoms with Crippen molar-refractivity contribution in [3.8, 4) is 11.5 Å². The maximum absolute atomic E-state index is 12.3. The number of methoxy groups -OCH3 is 1. The molecular weight excluding hydrogens is 280 g/mol. The number of hydrogen-bond donors (Lipinski definition) is 2. The van der Waals surface area contributed by atoms with Gasteiger partial charge in [-0.05, 0) is 43.4 Å². The van der Waals surface area contributed by atoms with E-state index in [1.807, 2.05) is 6.92 Å². The molecule has 1 unspecified atom stereocenters. The zero-order valence-electron chi connectivity index (χ0n) is 12.2. The number of aliphatic hydroxyl groups excluding tert-OH is 1. The Hall–Kier alpha value is -1.40.